The fraction of sp³-hybridized carbons (Fsp3) is 0.933. The molecule has 0 amide bonds. The minimum Gasteiger partial charge on any atom is -0.387 e. The van der Waals surface area contributed by atoms with Crippen molar-refractivity contribution in [1.82, 2.24) is 4.90 Å². The van der Waals surface area contributed by atoms with Crippen LogP contribution in [0.1, 0.15) is 53.4 Å². The van der Waals surface area contributed by atoms with Gasteiger partial charge in [-0.3, -0.25) is 5.41 Å². The van der Waals surface area contributed by atoms with Gasteiger partial charge in [0.2, 0.25) is 0 Å². The van der Waals surface area contributed by atoms with E-state index in [1.54, 1.807) is 0 Å². The molecule has 1 heterocycles. The highest BCUT2D eigenvalue weighted by Gasteiger charge is 2.23. The van der Waals surface area contributed by atoms with Crippen molar-refractivity contribution in [1.29, 1.82) is 5.41 Å². The van der Waals surface area contributed by atoms with Crippen LogP contribution in [-0.4, -0.2) is 30.4 Å². The summed E-state index contributed by atoms with van der Waals surface area (Å²) in [5, 5.41) is 7.54. The summed E-state index contributed by atoms with van der Waals surface area (Å²) < 4.78 is 0. The number of unbranched alkanes of at least 4 members (excludes halogenated alkanes) is 1. The van der Waals surface area contributed by atoms with Crippen LogP contribution in [0.4, 0.5) is 0 Å². The van der Waals surface area contributed by atoms with E-state index < -0.39 is 0 Å². The van der Waals surface area contributed by atoms with Crippen LogP contribution in [0, 0.1) is 22.7 Å². The number of hydrogen-bond donors (Lipinski definition) is 2. The van der Waals surface area contributed by atoms with Crippen LogP contribution in [0.3, 0.4) is 0 Å². The molecule has 0 bridgehead atoms. The van der Waals surface area contributed by atoms with E-state index in [0.717, 1.165) is 18.3 Å². The predicted molar refractivity (Wildman–Crippen MR) is 78.9 cm³/mol. The summed E-state index contributed by atoms with van der Waals surface area (Å²) in [6.45, 7) is 12.6. The number of hydrogen-bond acceptors (Lipinski definition) is 2. The third-order valence-corrected chi connectivity index (χ3v) is 4.67. The maximum absolute atomic E-state index is 7.54. The third kappa shape index (κ3) is 4.60. The van der Waals surface area contributed by atoms with Gasteiger partial charge in [0.15, 0.2) is 0 Å². The third-order valence-electron chi connectivity index (χ3n) is 4.67. The predicted octanol–water partition coefficient (Wildman–Crippen LogP) is 3.10. The van der Waals surface area contributed by atoms with E-state index >= 15 is 0 Å². The molecule has 2 unspecified atom stereocenters. The first-order valence-corrected chi connectivity index (χ1v) is 7.40. The Morgan fingerprint density at radius 2 is 1.94 bits per heavy atom. The first-order chi connectivity index (χ1) is 8.33. The van der Waals surface area contributed by atoms with Crippen molar-refractivity contribution in [2.24, 2.45) is 23.0 Å². The van der Waals surface area contributed by atoms with E-state index in [4.69, 9.17) is 11.1 Å². The molecule has 0 aliphatic carbocycles. The number of rotatable bonds is 6. The SMILES string of the molecule is CC1CCN(CCCCC(C)(C)C(=N)N)CC1C. The van der Waals surface area contributed by atoms with Crippen molar-refractivity contribution in [3.8, 4) is 0 Å². The second-order valence-corrected chi connectivity index (χ2v) is 6.80. The van der Waals surface area contributed by atoms with Gasteiger partial charge in [0.05, 0.1) is 5.84 Å². The summed E-state index contributed by atoms with van der Waals surface area (Å²) in [4.78, 5) is 2.60. The minimum absolute atomic E-state index is 0.121. The monoisotopic (exact) mass is 253 g/mol. The Bertz CT molecular complexity index is 273. The molecule has 0 saturated carbocycles. The lowest BCUT2D eigenvalue weighted by molar-refractivity contribution is 0.135. The fourth-order valence-electron chi connectivity index (χ4n) is 2.59. The van der Waals surface area contributed by atoms with Crippen molar-refractivity contribution in [2.75, 3.05) is 19.6 Å². The summed E-state index contributed by atoms with van der Waals surface area (Å²) >= 11 is 0. The molecule has 0 radical (unpaired) electrons. The Labute approximate surface area is 113 Å². The summed E-state index contributed by atoms with van der Waals surface area (Å²) in [7, 11) is 0. The van der Waals surface area contributed by atoms with E-state index in [9.17, 15) is 0 Å². The van der Waals surface area contributed by atoms with E-state index in [0.29, 0.717) is 5.84 Å². The van der Waals surface area contributed by atoms with Crippen molar-refractivity contribution in [3.05, 3.63) is 0 Å². The highest BCUT2D eigenvalue weighted by molar-refractivity contribution is 5.82. The van der Waals surface area contributed by atoms with Gasteiger partial charge in [0.25, 0.3) is 0 Å². The molecule has 18 heavy (non-hydrogen) atoms. The zero-order chi connectivity index (χ0) is 13.8. The molecule has 0 spiro atoms. The average Bonchev–Trinajstić information content (AvgIpc) is 2.29. The van der Waals surface area contributed by atoms with Gasteiger partial charge in [0, 0.05) is 12.0 Å². The molecule has 3 N–H and O–H groups in total. The Morgan fingerprint density at radius 3 is 2.50 bits per heavy atom. The van der Waals surface area contributed by atoms with E-state index in [1.807, 2.05) is 0 Å². The highest BCUT2D eigenvalue weighted by Crippen LogP contribution is 2.25. The number of amidine groups is 1. The molecule has 3 nitrogen and oxygen atoms in total. The molecule has 0 aromatic rings. The second kappa shape index (κ2) is 6.55. The van der Waals surface area contributed by atoms with Crippen molar-refractivity contribution >= 4 is 5.84 Å². The van der Waals surface area contributed by atoms with E-state index in [1.165, 1.54) is 38.9 Å². The largest absolute Gasteiger partial charge is 0.387 e. The van der Waals surface area contributed by atoms with Crippen LogP contribution in [-0.2, 0) is 0 Å². The average molecular weight is 253 g/mol. The number of nitrogens with zero attached hydrogens (tertiary/aromatic N) is 1. The fourth-order valence-corrected chi connectivity index (χ4v) is 2.59. The van der Waals surface area contributed by atoms with Gasteiger partial charge < -0.3 is 10.6 Å². The van der Waals surface area contributed by atoms with E-state index in [2.05, 4.69) is 32.6 Å². The van der Waals surface area contributed by atoms with Crippen LogP contribution in [0.2, 0.25) is 0 Å². The van der Waals surface area contributed by atoms with Gasteiger partial charge in [-0.1, -0.05) is 34.1 Å². The molecule has 2 atom stereocenters. The van der Waals surface area contributed by atoms with Gasteiger partial charge in [0.1, 0.15) is 0 Å². The van der Waals surface area contributed by atoms with Crippen LogP contribution < -0.4 is 5.73 Å². The Kier molecular flexibility index (Phi) is 5.64. The zero-order valence-electron chi connectivity index (χ0n) is 12.6. The number of nitrogens with two attached hydrogens (primary N) is 1. The van der Waals surface area contributed by atoms with Gasteiger partial charge in [-0.2, -0.15) is 0 Å². The van der Waals surface area contributed by atoms with Crippen molar-refractivity contribution < 1.29 is 0 Å². The smallest absolute Gasteiger partial charge is 0.0963 e. The second-order valence-electron chi connectivity index (χ2n) is 6.80. The van der Waals surface area contributed by atoms with Gasteiger partial charge in [-0.05, 0) is 44.2 Å². The maximum atomic E-state index is 7.54. The Hall–Kier alpha value is -0.570. The summed E-state index contributed by atoms with van der Waals surface area (Å²) in [5.41, 5.74) is 5.48. The first kappa shape index (κ1) is 15.5. The molecule has 3 heteroatoms. The summed E-state index contributed by atoms with van der Waals surface area (Å²) in [6, 6.07) is 0. The lowest BCUT2D eigenvalue weighted by atomic mass is 9.85. The highest BCUT2D eigenvalue weighted by atomic mass is 15.1. The summed E-state index contributed by atoms with van der Waals surface area (Å²) in [5.74, 6) is 2.05. The summed E-state index contributed by atoms with van der Waals surface area (Å²) in [6.07, 6.45) is 4.78. The van der Waals surface area contributed by atoms with E-state index in [-0.39, 0.29) is 5.41 Å². The molecule has 1 aliphatic heterocycles. The van der Waals surface area contributed by atoms with Crippen LogP contribution in [0.15, 0.2) is 0 Å². The Morgan fingerprint density at radius 1 is 1.28 bits per heavy atom. The normalized spacial score (nSPS) is 26.2. The lowest BCUT2D eigenvalue weighted by Crippen LogP contribution is -2.39. The topological polar surface area (TPSA) is 53.1 Å². The lowest BCUT2D eigenvalue weighted by Gasteiger charge is -2.35. The minimum atomic E-state index is -0.121. The van der Waals surface area contributed by atoms with Gasteiger partial charge in [-0.25, -0.2) is 0 Å². The molecule has 1 fully saturated rings. The van der Waals surface area contributed by atoms with Crippen molar-refractivity contribution in [2.45, 2.75) is 53.4 Å². The molecular formula is C15H31N3. The van der Waals surface area contributed by atoms with Crippen molar-refractivity contribution in [3.63, 3.8) is 0 Å². The van der Waals surface area contributed by atoms with Crippen LogP contribution in [0.5, 0.6) is 0 Å². The first-order valence-electron chi connectivity index (χ1n) is 7.40. The standard InChI is InChI=1S/C15H31N3/c1-12-7-10-18(11-13(12)2)9-6-5-8-15(3,4)14(16)17/h12-13H,5-11H2,1-4H3,(H3,16,17). The van der Waals surface area contributed by atoms with Gasteiger partial charge in [-0.15, -0.1) is 0 Å². The zero-order valence-corrected chi connectivity index (χ0v) is 12.6. The number of nitrogens with one attached hydrogen (secondary N) is 1. The molecule has 1 saturated heterocycles. The molecular weight excluding hydrogens is 222 g/mol. The Balaban J connectivity index is 2.17. The molecule has 0 aromatic heterocycles. The quantitative estimate of drug-likeness (QED) is 0.434. The number of likely N-dealkylation sites (tertiary alicyclic amines) is 1. The number of piperidine rings is 1. The molecule has 1 rings (SSSR count). The molecule has 0 aromatic carbocycles. The van der Waals surface area contributed by atoms with Crippen LogP contribution in [0.25, 0.3) is 0 Å². The maximum Gasteiger partial charge on any atom is 0.0963 e. The molecule has 106 valence electrons. The molecule has 1 aliphatic rings. The van der Waals surface area contributed by atoms with Gasteiger partial charge >= 0.3 is 0 Å². The van der Waals surface area contributed by atoms with Crippen LogP contribution >= 0.6 is 0 Å².